The minimum atomic E-state index is -0.306. The van der Waals surface area contributed by atoms with Gasteiger partial charge in [0, 0.05) is 11.8 Å². The number of nitrogens with one attached hydrogen (secondary N) is 1. The van der Waals surface area contributed by atoms with Crippen LogP contribution in [0.1, 0.15) is 0 Å². The van der Waals surface area contributed by atoms with Crippen LogP contribution in [0.15, 0.2) is 82.7 Å². The number of carbonyl (C=O) groups excluding carboxylic acids is 1. The van der Waals surface area contributed by atoms with Gasteiger partial charge < -0.3 is 19.5 Å². The van der Waals surface area contributed by atoms with E-state index in [4.69, 9.17) is 31.4 Å². The number of para-hydroxylation sites is 3. The summed E-state index contributed by atoms with van der Waals surface area (Å²) in [6.45, 7) is 0. The summed E-state index contributed by atoms with van der Waals surface area (Å²) >= 11 is 7.96. The Hall–Kier alpha value is -4.13. The van der Waals surface area contributed by atoms with E-state index in [0.717, 1.165) is 17.4 Å². The first-order chi connectivity index (χ1) is 19.4. The summed E-state index contributed by atoms with van der Waals surface area (Å²) in [4.78, 5) is 31.9. The molecule has 0 aliphatic carbocycles. The van der Waals surface area contributed by atoms with E-state index in [-0.39, 0.29) is 17.2 Å². The zero-order valence-corrected chi connectivity index (χ0v) is 24.2. The number of benzene rings is 3. The van der Waals surface area contributed by atoms with Crippen molar-refractivity contribution >= 4 is 57.3 Å². The van der Waals surface area contributed by atoms with E-state index in [1.807, 2.05) is 42.5 Å². The number of nitrogens with zero attached hydrogens (tertiary/aromatic N) is 3. The van der Waals surface area contributed by atoms with Gasteiger partial charge in [-0.3, -0.25) is 18.7 Å². The quantitative estimate of drug-likeness (QED) is 0.132. The van der Waals surface area contributed by atoms with Crippen LogP contribution in [-0.4, -0.2) is 47.1 Å². The number of fused-ring (bicyclic) bond motifs is 1. The summed E-state index contributed by atoms with van der Waals surface area (Å²) in [5.74, 6) is 1.22. The Balaban J connectivity index is 1.58. The fourth-order valence-corrected chi connectivity index (χ4v) is 6.18. The molecule has 9 nitrogen and oxygen atoms in total. The molecule has 2 heterocycles. The third kappa shape index (κ3) is 5.33. The van der Waals surface area contributed by atoms with Crippen molar-refractivity contribution in [1.29, 1.82) is 0 Å². The average Bonchev–Trinajstić information content (AvgIpc) is 3.32. The van der Waals surface area contributed by atoms with E-state index in [9.17, 15) is 9.59 Å². The van der Waals surface area contributed by atoms with Gasteiger partial charge in [-0.1, -0.05) is 53.4 Å². The van der Waals surface area contributed by atoms with Crippen LogP contribution >= 0.6 is 35.3 Å². The maximum atomic E-state index is 14.0. The van der Waals surface area contributed by atoms with Gasteiger partial charge in [0.2, 0.25) is 5.91 Å². The Bertz CT molecular complexity index is 1820. The topological polar surface area (TPSA) is 96.6 Å². The predicted molar refractivity (Wildman–Crippen MR) is 161 cm³/mol. The molecule has 0 fully saturated rings. The summed E-state index contributed by atoms with van der Waals surface area (Å²) in [7, 11) is 4.60. The van der Waals surface area contributed by atoms with Gasteiger partial charge in [-0.15, -0.1) is 0 Å². The lowest BCUT2D eigenvalue weighted by atomic mass is 10.2. The fraction of sp³-hybridized carbons (Fsp3) is 0.143. The van der Waals surface area contributed by atoms with Gasteiger partial charge >= 0.3 is 0 Å². The van der Waals surface area contributed by atoms with E-state index in [0.29, 0.717) is 48.1 Å². The number of rotatable bonds is 9. The fourth-order valence-electron chi connectivity index (χ4n) is 4.08. The highest BCUT2D eigenvalue weighted by Crippen LogP contribution is 2.32. The molecule has 5 rings (SSSR count). The van der Waals surface area contributed by atoms with Crippen molar-refractivity contribution in [3.05, 3.63) is 87.1 Å². The van der Waals surface area contributed by atoms with Gasteiger partial charge in [0.25, 0.3) is 5.56 Å². The highest BCUT2D eigenvalue weighted by molar-refractivity contribution is 7.99. The molecule has 0 saturated carbocycles. The van der Waals surface area contributed by atoms with Crippen LogP contribution in [0.3, 0.4) is 0 Å². The monoisotopic (exact) mass is 592 g/mol. The van der Waals surface area contributed by atoms with Crippen LogP contribution in [0.2, 0.25) is 0 Å². The first kappa shape index (κ1) is 27.4. The van der Waals surface area contributed by atoms with E-state index in [2.05, 4.69) is 5.32 Å². The lowest BCUT2D eigenvalue weighted by Crippen LogP contribution is -2.23. The second kappa shape index (κ2) is 11.9. The minimum Gasteiger partial charge on any atom is -0.497 e. The van der Waals surface area contributed by atoms with E-state index >= 15 is 0 Å². The number of methoxy groups -OCH3 is 3. The van der Waals surface area contributed by atoms with Crippen molar-refractivity contribution in [3.63, 3.8) is 0 Å². The number of hydrogen-bond donors (Lipinski definition) is 1. The zero-order valence-electron chi connectivity index (χ0n) is 21.7. The van der Waals surface area contributed by atoms with Gasteiger partial charge in [-0.05, 0) is 48.6 Å². The van der Waals surface area contributed by atoms with Gasteiger partial charge in [0.05, 0.1) is 38.5 Å². The minimum absolute atomic E-state index is 0.0293. The third-order valence-electron chi connectivity index (χ3n) is 5.93. The molecule has 5 aromatic rings. The van der Waals surface area contributed by atoms with E-state index in [1.54, 1.807) is 42.0 Å². The van der Waals surface area contributed by atoms with Crippen LogP contribution < -0.4 is 25.1 Å². The molecule has 1 amide bonds. The summed E-state index contributed by atoms with van der Waals surface area (Å²) in [6.07, 6.45) is 0. The molecule has 0 saturated heterocycles. The molecule has 0 atom stereocenters. The van der Waals surface area contributed by atoms with Gasteiger partial charge in [-0.2, -0.15) is 0 Å². The second-order valence-corrected chi connectivity index (χ2v) is 10.9. The second-order valence-electron chi connectivity index (χ2n) is 8.30. The predicted octanol–water partition coefficient (Wildman–Crippen LogP) is 5.72. The van der Waals surface area contributed by atoms with Crippen LogP contribution in [0.4, 0.5) is 5.69 Å². The Labute approximate surface area is 243 Å². The van der Waals surface area contributed by atoms with Crippen molar-refractivity contribution in [2.75, 3.05) is 32.4 Å². The normalized spacial score (nSPS) is 10.9. The maximum absolute atomic E-state index is 14.0. The van der Waals surface area contributed by atoms with Crippen LogP contribution in [-0.2, 0) is 4.79 Å². The molecule has 0 bridgehead atoms. The molecule has 3 aromatic carbocycles. The number of thiazole rings is 1. The Kier molecular flexibility index (Phi) is 8.19. The Morgan fingerprint density at radius 2 is 1.68 bits per heavy atom. The molecule has 0 unspecified atom stereocenters. The van der Waals surface area contributed by atoms with Crippen LogP contribution in [0.5, 0.6) is 17.2 Å². The molecular formula is C28H24N4O5S3. The first-order valence-corrected chi connectivity index (χ1v) is 14.2. The van der Waals surface area contributed by atoms with Crippen molar-refractivity contribution in [2.24, 2.45) is 0 Å². The van der Waals surface area contributed by atoms with Gasteiger partial charge in [-0.25, -0.2) is 4.98 Å². The highest BCUT2D eigenvalue weighted by atomic mass is 32.2. The molecule has 0 aliphatic heterocycles. The highest BCUT2D eigenvalue weighted by Gasteiger charge is 2.21. The molecule has 40 heavy (non-hydrogen) atoms. The van der Waals surface area contributed by atoms with Gasteiger partial charge in [0.1, 0.15) is 21.9 Å². The van der Waals surface area contributed by atoms with Crippen molar-refractivity contribution in [3.8, 4) is 28.6 Å². The lowest BCUT2D eigenvalue weighted by Gasteiger charge is -2.15. The molecule has 204 valence electrons. The zero-order chi connectivity index (χ0) is 28.2. The molecular weight excluding hydrogens is 569 g/mol. The molecule has 1 N–H and O–H groups in total. The molecule has 0 aliphatic rings. The van der Waals surface area contributed by atoms with Crippen LogP contribution in [0.25, 0.3) is 21.7 Å². The average molecular weight is 593 g/mol. The Morgan fingerprint density at radius 1 is 0.950 bits per heavy atom. The molecule has 0 radical (unpaired) electrons. The molecule has 12 heteroatoms. The third-order valence-corrected chi connectivity index (χ3v) is 8.22. The molecule has 0 spiro atoms. The van der Waals surface area contributed by atoms with Crippen LogP contribution in [0, 0.1) is 3.95 Å². The summed E-state index contributed by atoms with van der Waals surface area (Å²) < 4.78 is 20.3. The largest absolute Gasteiger partial charge is 0.497 e. The summed E-state index contributed by atoms with van der Waals surface area (Å²) in [6, 6.07) is 21.8. The number of aromatic nitrogens is 3. The van der Waals surface area contributed by atoms with Crippen molar-refractivity contribution in [2.45, 2.75) is 5.16 Å². The smallest absolute Gasteiger partial charge is 0.278 e. The summed E-state index contributed by atoms with van der Waals surface area (Å²) in [5, 5.41) is 3.17. The first-order valence-electron chi connectivity index (χ1n) is 12.0. The number of amides is 1. The summed E-state index contributed by atoms with van der Waals surface area (Å²) in [5.41, 5.74) is 1.92. The number of thioether (sulfide) groups is 1. The number of anilines is 1. The number of ether oxygens (including phenoxy) is 3. The Morgan fingerprint density at radius 3 is 2.40 bits per heavy atom. The molecule has 2 aromatic heterocycles. The maximum Gasteiger partial charge on any atom is 0.278 e. The van der Waals surface area contributed by atoms with Crippen molar-refractivity contribution < 1.29 is 19.0 Å². The van der Waals surface area contributed by atoms with E-state index < -0.39 is 0 Å². The van der Waals surface area contributed by atoms with E-state index in [1.165, 1.54) is 30.1 Å². The lowest BCUT2D eigenvalue weighted by molar-refractivity contribution is -0.113. The SMILES string of the molecule is COc1ccc(NC(=O)CSc2nc3c(sc(=S)n3-c3ccccc3)c(=O)n2-c2ccccc2OC)c(OC)c1. The standard InChI is InChI=1S/C28H24N4O5S3/c1-35-18-13-14-19(22(15-18)37-3)29-23(33)16-39-27-30-25-24(40-28(38)31(25)17-9-5-4-6-10-17)26(34)32(27)20-11-7-8-12-21(20)36-2/h4-15H,16H2,1-3H3,(H,29,33). The number of carbonyl (C=O) groups is 1. The van der Waals surface area contributed by atoms with Crippen molar-refractivity contribution in [1.82, 2.24) is 14.1 Å². The van der Waals surface area contributed by atoms with Gasteiger partial charge in [0.15, 0.2) is 14.8 Å². The number of hydrogen-bond acceptors (Lipinski definition) is 9.